The molecule has 1 aromatic rings. The third kappa shape index (κ3) is 0.922. The highest BCUT2D eigenvalue weighted by atomic mass is 19.3. The summed E-state index contributed by atoms with van der Waals surface area (Å²) < 4.78 is 52.2. The predicted octanol–water partition coefficient (Wildman–Crippen LogP) is 2.95. The van der Waals surface area contributed by atoms with E-state index in [-0.39, 0.29) is 11.3 Å². The minimum atomic E-state index is -3.00. The van der Waals surface area contributed by atoms with Gasteiger partial charge in [0.05, 0.1) is 0 Å². The molecule has 6 heteroatoms. The number of alkyl halides is 4. The summed E-state index contributed by atoms with van der Waals surface area (Å²) in [6, 6.07) is 0. The van der Waals surface area contributed by atoms with Crippen molar-refractivity contribution >= 4 is 0 Å². The third-order valence-electron chi connectivity index (χ3n) is 3.48. The number of fused-ring (bicyclic) bond motifs is 3. The molecule has 1 aromatic heterocycles. The first-order valence-electron chi connectivity index (χ1n) is 4.78. The molecule has 0 bridgehead atoms. The minimum absolute atomic E-state index is 0.0752. The lowest BCUT2D eigenvalue weighted by molar-refractivity contribution is -0.0908. The van der Waals surface area contributed by atoms with Gasteiger partial charge in [0.1, 0.15) is 11.4 Å². The van der Waals surface area contributed by atoms with E-state index in [1.54, 1.807) is 0 Å². The molecule has 82 valence electrons. The third-order valence-corrected chi connectivity index (χ3v) is 3.48. The lowest BCUT2D eigenvalue weighted by Gasteiger charge is -2.34. The maximum atomic E-state index is 13.6. The van der Waals surface area contributed by atoms with E-state index in [4.69, 9.17) is 0 Å². The lowest BCUT2D eigenvalue weighted by atomic mass is 9.73. The van der Waals surface area contributed by atoms with Crippen LogP contribution in [-0.4, -0.2) is 10.2 Å². The zero-order chi connectivity index (χ0) is 10.8. The number of hydrogen-bond acceptors (Lipinski definition) is 1. The average Bonchev–Trinajstić information content (AvgIpc) is 2.50. The second kappa shape index (κ2) is 2.54. The number of aromatic nitrogens is 2. The van der Waals surface area contributed by atoms with Crippen LogP contribution in [0.1, 0.15) is 42.1 Å². The fourth-order valence-corrected chi connectivity index (χ4v) is 2.63. The summed E-state index contributed by atoms with van der Waals surface area (Å²) in [4.78, 5) is 0. The Morgan fingerprint density at radius 3 is 2.60 bits per heavy atom. The van der Waals surface area contributed by atoms with Crippen molar-refractivity contribution in [2.75, 3.05) is 0 Å². The Labute approximate surface area is 82.7 Å². The standard InChI is InChI=1S/C9H8F4N2/c10-8(11)6-5-3-1-2-4(3)9(12,13)7(5)15-14-6/h3-4,8H,1-2H2,(H,14,15)/t3-,4?/m0/s1. The van der Waals surface area contributed by atoms with Gasteiger partial charge in [0, 0.05) is 11.5 Å². The molecule has 1 heterocycles. The van der Waals surface area contributed by atoms with Crippen LogP contribution in [-0.2, 0) is 5.92 Å². The molecule has 1 unspecified atom stereocenters. The maximum absolute atomic E-state index is 13.6. The summed E-state index contributed by atoms with van der Waals surface area (Å²) in [5.74, 6) is -4.21. The normalized spacial score (nSPS) is 31.3. The maximum Gasteiger partial charge on any atom is 0.292 e. The predicted molar refractivity (Wildman–Crippen MR) is 42.9 cm³/mol. The van der Waals surface area contributed by atoms with Crippen molar-refractivity contribution in [2.45, 2.75) is 31.1 Å². The van der Waals surface area contributed by atoms with Crippen molar-refractivity contribution in [1.29, 1.82) is 0 Å². The molecule has 0 aromatic carbocycles. The Balaban J connectivity index is 2.16. The van der Waals surface area contributed by atoms with Gasteiger partial charge in [-0.25, -0.2) is 8.78 Å². The lowest BCUT2D eigenvalue weighted by Crippen LogP contribution is -2.31. The highest BCUT2D eigenvalue weighted by Gasteiger charge is 2.61. The van der Waals surface area contributed by atoms with Crippen LogP contribution in [0.25, 0.3) is 0 Å². The van der Waals surface area contributed by atoms with E-state index in [1.807, 2.05) is 0 Å². The molecule has 1 fully saturated rings. The van der Waals surface area contributed by atoms with E-state index in [1.165, 1.54) is 0 Å². The molecule has 0 spiro atoms. The molecule has 0 amide bonds. The first-order valence-corrected chi connectivity index (χ1v) is 4.78. The van der Waals surface area contributed by atoms with Crippen LogP contribution in [0, 0.1) is 5.92 Å². The van der Waals surface area contributed by atoms with E-state index >= 15 is 0 Å². The Morgan fingerprint density at radius 1 is 1.33 bits per heavy atom. The highest BCUT2D eigenvalue weighted by Crippen LogP contribution is 2.62. The van der Waals surface area contributed by atoms with Crippen LogP contribution in [0.3, 0.4) is 0 Å². The molecule has 1 saturated carbocycles. The van der Waals surface area contributed by atoms with Gasteiger partial charge in [-0.3, -0.25) is 5.10 Å². The van der Waals surface area contributed by atoms with E-state index in [0.717, 1.165) is 0 Å². The fraction of sp³-hybridized carbons (Fsp3) is 0.667. The number of H-pyrrole nitrogens is 1. The molecule has 3 rings (SSSR count). The molecule has 0 saturated heterocycles. The summed E-state index contributed by atoms with van der Waals surface area (Å²) in [6.07, 6.45) is -1.81. The van der Waals surface area contributed by atoms with Crippen molar-refractivity contribution in [3.8, 4) is 0 Å². The summed E-state index contributed by atoms with van der Waals surface area (Å²) in [5.41, 5.74) is -0.798. The van der Waals surface area contributed by atoms with Crippen molar-refractivity contribution in [2.24, 2.45) is 5.92 Å². The average molecular weight is 220 g/mol. The Morgan fingerprint density at radius 2 is 2.07 bits per heavy atom. The molecule has 2 aliphatic carbocycles. The van der Waals surface area contributed by atoms with E-state index < -0.39 is 29.9 Å². The zero-order valence-corrected chi connectivity index (χ0v) is 7.61. The molecule has 1 N–H and O–H groups in total. The van der Waals surface area contributed by atoms with Gasteiger partial charge in [-0.1, -0.05) is 0 Å². The van der Waals surface area contributed by atoms with Gasteiger partial charge in [-0.05, 0) is 18.8 Å². The van der Waals surface area contributed by atoms with Gasteiger partial charge in [0.15, 0.2) is 0 Å². The van der Waals surface area contributed by atoms with Gasteiger partial charge < -0.3 is 0 Å². The van der Waals surface area contributed by atoms with Crippen molar-refractivity contribution < 1.29 is 17.6 Å². The summed E-state index contributed by atoms with van der Waals surface area (Å²) in [5, 5.41) is 5.38. The molecule has 0 radical (unpaired) electrons. The first-order chi connectivity index (χ1) is 7.03. The summed E-state index contributed by atoms with van der Waals surface area (Å²) in [6.45, 7) is 0. The van der Waals surface area contributed by atoms with Crippen LogP contribution in [0.2, 0.25) is 0 Å². The smallest absolute Gasteiger partial charge is 0.276 e. The largest absolute Gasteiger partial charge is 0.292 e. The molecule has 2 nitrogen and oxygen atoms in total. The van der Waals surface area contributed by atoms with Crippen LogP contribution in [0.4, 0.5) is 17.6 Å². The van der Waals surface area contributed by atoms with Crippen LogP contribution in [0.15, 0.2) is 0 Å². The van der Waals surface area contributed by atoms with Crippen LogP contribution >= 0.6 is 0 Å². The fourth-order valence-electron chi connectivity index (χ4n) is 2.63. The zero-order valence-electron chi connectivity index (χ0n) is 7.61. The van der Waals surface area contributed by atoms with Gasteiger partial charge in [-0.2, -0.15) is 13.9 Å². The molecule has 0 aliphatic heterocycles. The van der Waals surface area contributed by atoms with Crippen LogP contribution < -0.4 is 0 Å². The van der Waals surface area contributed by atoms with E-state index in [2.05, 4.69) is 10.2 Å². The summed E-state index contributed by atoms with van der Waals surface area (Å²) >= 11 is 0. The molecule has 2 aliphatic rings. The molecule has 15 heavy (non-hydrogen) atoms. The van der Waals surface area contributed by atoms with Gasteiger partial charge in [-0.15, -0.1) is 0 Å². The van der Waals surface area contributed by atoms with Crippen LogP contribution in [0.5, 0.6) is 0 Å². The highest BCUT2D eigenvalue weighted by molar-refractivity contribution is 5.42. The number of hydrogen-bond donors (Lipinski definition) is 1. The Bertz CT molecular complexity index is 412. The molecular formula is C9H8F4N2. The Hall–Kier alpha value is -1.07. The molecule has 2 atom stereocenters. The van der Waals surface area contributed by atoms with Crippen molar-refractivity contribution in [1.82, 2.24) is 10.2 Å². The van der Waals surface area contributed by atoms with Crippen molar-refractivity contribution in [3.05, 3.63) is 17.0 Å². The summed E-state index contributed by atoms with van der Waals surface area (Å²) in [7, 11) is 0. The Kier molecular flexibility index (Phi) is 1.55. The minimum Gasteiger partial charge on any atom is -0.276 e. The number of nitrogens with zero attached hydrogens (tertiary/aromatic N) is 1. The quantitative estimate of drug-likeness (QED) is 0.724. The van der Waals surface area contributed by atoms with Gasteiger partial charge in [0.2, 0.25) is 0 Å². The molecular weight excluding hydrogens is 212 g/mol. The van der Waals surface area contributed by atoms with Gasteiger partial charge >= 0.3 is 0 Å². The first kappa shape index (κ1) is 9.18. The van der Waals surface area contributed by atoms with Gasteiger partial charge in [0.25, 0.3) is 12.3 Å². The number of aromatic amines is 1. The second-order valence-electron chi connectivity index (χ2n) is 4.11. The van der Waals surface area contributed by atoms with E-state index in [0.29, 0.717) is 12.8 Å². The number of halogens is 4. The van der Waals surface area contributed by atoms with Crippen molar-refractivity contribution in [3.63, 3.8) is 0 Å². The number of nitrogens with one attached hydrogen (secondary N) is 1. The van der Waals surface area contributed by atoms with E-state index in [9.17, 15) is 17.6 Å². The monoisotopic (exact) mass is 220 g/mol. The topological polar surface area (TPSA) is 28.7 Å². The SMILES string of the molecule is FC(F)c1n[nH]c2c1[C@H]1CCC1C2(F)F. The number of rotatable bonds is 1. The second-order valence-corrected chi connectivity index (χ2v) is 4.11.